The van der Waals surface area contributed by atoms with Gasteiger partial charge in [0.2, 0.25) is 0 Å². The summed E-state index contributed by atoms with van der Waals surface area (Å²) in [6, 6.07) is 4.39. The van der Waals surface area contributed by atoms with E-state index >= 15 is 0 Å². The Hall–Kier alpha value is -0.670. The minimum atomic E-state index is -2.44. The van der Waals surface area contributed by atoms with Crippen LogP contribution >= 0.6 is 11.6 Å². The van der Waals surface area contributed by atoms with Crippen LogP contribution in [0.5, 0.6) is 0 Å². The molecule has 0 bridgehead atoms. The Kier molecular flexibility index (Phi) is 3.63. The van der Waals surface area contributed by atoms with Crippen LogP contribution in [0.25, 0.3) is 0 Å². The Labute approximate surface area is 80.7 Å². The lowest BCUT2D eigenvalue weighted by molar-refractivity contribution is 0.150. The van der Waals surface area contributed by atoms with Gasteiger partial charge in [0.15, 0.2) is 0 Å². The summed E-state index contributed by atoms with van der Waals surface area (Å²) in [6.07, 6.45) is -2.44. The van der Waals surface area contributed by atoms with E-state index in [2.05, 4.69) is 5.32 Å². The molecule has 0 unspecified atom stereocenters. The number of alkyl halides is 2. The standard InChI is InChI=1S/C9H10ClF2N/c1-13-5-6-4-7(10)2-3-8(6)9(11)12/h2-4,9,13H,5H2,1H3. The van der Waals surface area contributed by atoms with Crippen molar-refractivity contribution < 1.29 is 8.78 Å². The maximum Gasteiger partial charge on any atom is 0.264 e. The first kappa shape index (κ1) is 10.4. The third-order valence-electron chi connectivity index (χ3n) is 1.71. The zero-order chi connectivity index (χ0) is 9.84. The third-order valence-corrected chi connectivity index (χ3v) is 1.94. The van der Waals surface area contributed by atoms with Gasteiger partial charge in [-0.05, 0) is 24.7 Å². The molecule has 0 aliphatic rings. The van der Waals surface area contributed by atoms with Crippen LogP contribution in [0.3, 0.4) is 0 Å². The van der Waals surface area contributed by atoms with E-state index in [1.807, 2.05) is 0 Å². The maximum atomic E-state index is 12.4. The zero-order valence-corrected chi connectivity index (χ0v) is 7.91. The molecule has 0 spiro atoms. The molecule has 0 aliphatic carbocycles. The van der Waals surface area contributed by atoms with Gasteiger partial charge in [0.1, 0.15) is 0 Å². The first-order valence-corrected chi connectivity index (χ1v) is 4.24. The quantitative estimate of drug-likeness (QED) is 0.800. The van der Waals surface area contributed by atoms with Gasteiger partial charge in [-0.15, -0.1) is 0 Å². The first-order chi connectivity index (χ1) is 6.15. The summed E-state index contributed by atoms with van der Waals surface area (Å²) in [5.74, 6) is 0. The smallest absolute Gasteiger partial charge is 0.264 e. The monoisotopic (exact) mass is 205 g/mol. The molecule has 0 aromatic heterocycles. The van der Waals surface area contributed by atoms with E-state index in [-0.39, 0.29) is 5.56 Å². The van der Waals surface area contributed by atoms with Crippen molar-refractivity contribution in [1.82, 2.24) is 5.32 Å². The summed E-state index contributed by atoms with van der Waals surface area (Å²) in [5, 5.41) is 3.30. The van der Waals surface area contributed by atoms with Crippen molar-refractivity contribution in [3.63, 3.8) is 0 Å². The van der Waals surface area contributed by atoms with Gasteiger partial charge in [-0.3, -0.25) is 0 Å². The van der Waals surface area contributed by atoms with Gasteiger partial charge in [0, 0.05) is 17.1 Å². The van der Waals surface area contributed by atoms with Crippen LogP contribution in [-0.4, -0.2) is 7.05 Å². The van der Waals surface area contributed by atoms with Crippen molar-refractivity contribution in [2.45, 2.75) is 13.0 Å². The predicted octanol–water partition coefficient (Wildman–Crippen LogP) is 3.00. The van der Waals surface area contributed by atoms with E-state index in [1.165, 1.54) is 12.1 Å². The van der Waals surface area contributed by atoms with Crippen LogP contribution in [-0.2, 0) is 6.54 Å². The molecule has 13 heavy (non-hydrogen) atoms. The molecule has 4 heteroatoms. The third kappa shape index (κ3) is 2.64. The number of halogens is 3. The summed E-state index contributed by atoms with van der Waals surface area (Å²) in [5.41, 5.74) is 0.587. The molecule has 1 aromatic carbocycles. The van der Waals surface area contributed by atoms with Crippen molar-refractivity contribution in [3.05, 3.63) is 34.3 Å². The molecule has 0 saturated carbocycles. The van der Waals surface area contributed by atoms with Crippen LogP contribution in [0, 0.1) is 0 Å². The molecule has 0 heterocycles. The average molecular weight is 206 g/mol. The Bertz CT molecular complexity index is 289. The molecule has 0 aliphatic heterocycles. The Morgan fingerprint density at radius 2 is 2.15 bits per heavy atom. The Morgan fingerprint density at radius 3 is 2.69 bits per heavy atom. The van der Waals surface area contributed by atoms with E-state index in [0.717, 1.165) is 0 Å². The summed E-state index contributed by atoms with van der Waals surface area (Å²) in [6.45, 7) is 0.403. The van der Waals surface area contributed by atoms with Crippen molar-refractivity contribution in [2.75, 3.05) is 7.05 Å². The summed E-state index contributed by atoms with van der Waals surface area (Å²) >= 11 is 5.68. The normalized spacial score (nSPS) is 10.8. The molecule has 72 valence electrons. The van der Waals surface area contributed by atoms with E-state index in [4.69, 9.17) is 11.6 Å². The number of nitrogens with one attached hydrogen (secondary N) is 1. The van der Waals surface area contributed by atoms with Gasteiger partial charge in [-0.1, -0.05) is 17.7 Å². The molecular formula is C9H10ClF2N. The lowest BCUT2D eigenvalue weighted by Crippen LogP contribution is -2.07. The van der Waals surface area contributed by atoms with Gasteiger partial charge < -0.3 is 5.32 Å². The average Bonchev–Trinajstić information content (AvgIpc) is 2.04. The fraction of sp³-hybridized carbons (Fsp3) is 0.333. The predicted molar refractivity (Wildman–Crippen MR) is 49.2 cm³/mol. The van der Waals surface area contributed by atoms with Crippen LogP contribution < -0.4 is 5.32 Å². The number of rotatable bonds is 3. The topological polar surface area (TPSA) is 12.0 Å². The van der Waals surface area contributed by atoms with Gasteiger partial charge in [0.25, 0.3) is 6.43 Å². The molecule has 0 fully saturated rings. The van der Waals surface area contributed by atoms with E-state index in [0.29, 0.717) is 17.1 Å². The Morgan fingerprint density at radius 1 is 1.46 bits per heavy atom. The second kappa shape index (κ2) is 4.53. The van der Waals surface area contributed by atoms with Crippen LogP contribution in [0.4, 0.5) is 8.78 Å². The second-order valence-electron chi connectivity index (χ2n) is 2.67. The highest BCUT2D eigenvalue weighted by molar-refractivity contribution is 6.30. The molecule has 0 radical (unpaired) electrons. The van der Waals surface area contributed by atoms with Gasteiger partial charge in [-0.2, -0.15) is 0 Å². The van der Waals surface area contributed by atoms with Crippen LogP contribution in [0.2, 0.25) is 5.02 Å². The van der Waals surface area contributed by atoms with E-state index in [9.17, 15) is 8.78 Å². The largest absolute Gasteiger partial charge is 0.316 e. The second-order valence-corrected chi connectivity index (χ2v) is 3.11. The van der Waals surface area contributed by atoms with Gasteiger partial charge >= 0.3 is 0 Å². The number of benzene rings is 1. The highest BCUT2D eigenvalue weighted by Gasteiger charge is 2.12. The highest BCUT2D eigenvalue weighted by atomic mass is 35.5. The molecule has 0 saturated heterocycles. The van der Waals surface area contributed by atoms with Crippen LogP contribution in [0.15, 0.2) is 18.2 Å². The van der Waals surface area contributed by atoms with Crippen molar-refractivity contribution in [3.8, 4) is 0 Å². The maximum absolute atomic E-state index is 12.4. The molecule has 1 aromatic rings. The first-order valence-electron chi connectivity index (χ1n) is 3.86. The number of hydrogen-bond acceptors (Lipinski definition) is 1. The van der Waals surface area contributed by atoms with Crippen molar-refractivity contribution >= 4 is 11.6 Å². The summed E-state index contributed by atoms with van der Waals surface area (Å²) in [4.78, 5) is 0. The minimum Gasteiger partial charge on any atom is -0.316 e. The van der Waals surface area contributed by atoms with Gasteiger partial charge in [-0.25, -0.2) is 8.78 Å². The summed E-state index contributed by atoms with van der Waals surface area (Å²) < 4.78 is 24.8. The molecular weight excluding hydrogens is 196 g/mol. The van der Waals surface area contributed by atoms with Gasteiger partial charge in [0.05, 0.1) is 0 Å². The fourth-order valence-corrected chi connectivity index (χ4v) is 1.33. The molecule has 1 N–H and O–H groups in total. The van der Waals surface area contributed by atoms with Crippen molar-refractivity contribution in [2.24, 2.45) is 0 Å². The zero-order valence-electron chi connectivity index (χ0n) is 7.15. The lowest BCUT2D eigenvalue weighted by atomic mass is 10.1. The molecule has 1 nitrogen and oxygen atoms in total. The van der Waals surface area contributed by atoms with Crippen molar-refractivity contribution in [1.29, 1.82) is 0 Å². The number of hydrogen-bond donors (Lipinski definition) is 1. The Balaban J connectivity index is 3.03. The lowest BCUT2D eigenvalue weighted by Gasteiger charge is -2.08. The SMILES string of the molecule is CNCc1cc(Cl)ccc1C(F)F. The molecule has 0 amide bonds. The molecule has 0 atom stereocenters. The van der Waals surface area contributed by atoms with E-state index in [1.54, 1.807) is 13.1 Å². The summed E-state index contributed by atoms with van der Waals surface area (Å²) in [7, 11) is 1.70. The molecule has 1 rings (SSSR count). The highest BCUT2D eigenvalue weighted by Crippen LogP contribution is 2.25. The van der Waals surface area contributed by atoms with E-state index < -0.39 is 6.43 Å². The van der Waals surface area contributed by atoms with Crippen LogP contribution in [0.1, 0.15) is 17.6 Å². The fourth-order valence-electron chi connectivity index (χ4n) is 1.13. The minimum absolute atomic E-state index is 0.0405.